The summed E-state index contributed by atoms with van der Waals surface area (Å²) >= 11 is 5.37. The van der Waals surface area contributed by atoms with E-state index < -0.39 is 0 Å². The lowest BCUT2D eigenvalue weighted by atomic mass is 9.82. The second-order valence-electron chi connectivity index (χ2n) is 7.09. The van der Waals surface area contributed by atoms with Gasteiger partial charge in [0.05, 0.1) is 0 Å². The van der Waals surface area contributed by atoms with E-state index in [0.717, 1.165) is 18.6 Å². The Morgan fingerprint density at radius 1 is 0.957 bits per heavy atom. The van der Waals surface area contributed by atoms with Crippen LogP contribution in [0.3, 0.4) is 0 Å². The Morgan fingerprint density at radius 2 is 1.57 bits per heavy atom. The van der Waals surface area contributed by atoms with E-state index in [1.54, 1.807) is 0 Å². The van der Waals surface area contributed by atoms with E-state index in [0.29, 0.717) is 0 Å². The first-order valence-corrected chi connectivity index (χ1v) is 8.48. The number of hydrogen-bond donors (Lipinski definition) is 0. The maximum Gasteiger partial charge on any atom is 0.358 e. The monoisotopic (exact) mass is 324 g/mol. The molecule has 4 rings (SSSR count). The van der Waals surface area contributed by atoms with Crippen molar-refractivity contribution in [3.8, 4) is 5.75 Å². The van der Waals surface area contributed by atoms with Gasteiger partial charge in [0, 0.05) is 23.0 Å². The average molecular weight is 324 g/mol. The number of ether oxygens (including phenoxy) is 2. The van der Waals surface area contributed by atoms with Gasteiger partial charge in [0.25, 0.3) is 0 Å². The van der Waals surface area contributed by atoms with Crippen LogP contribution in [0.2, 0.25) is 0 Å². The molecule has 1 saturated carbocycles. The maximum absolute atomic E-state index is 6.20. The molecule has 1 fully saturated rings. The van der Waals surface area contributed by atoms with Crippen LogP contribution < -0.4 is 4.74 Å². The second kappa shape index (κ2) is 5.07. The molecule has 0 aliphatic heterocycles. The Kier molecular flexibility index (Phi) is 3.24. The smallest absolute Gasteiger partial charge is 0.358 e. The molecule has 0 aromatic heterocycles. The molecule has 2 aromatic carbocycles. The molecule has 1 atom stereocenters. The highest BCUT2D eigenvalue weighted by Gasteiger charge is 2.64. The first-order valence-electron chi connectivity index (χ1n) is 8.07. The summed E-state index contributed by atoms with van der Waals surface area (Å²) in [5, 5.41) is 0.216. The summed E-state index contributed by atoms with van der Waals surface area (Å²) in [5.41, 5.74) is 2.85. The van der Waals surface area contributed by atoms with Crippen molar-refractivity contribution in [2.24, 2.45) is 0 Å². The van der Waals surface area contributed by atoms with E-state index in [9.17, 15) is 0 Å². The quantitative estimate of drug-likeness (QED) is 0.742. The third kappa shape index (κ3) is 2.26. The van der Waals surface area contributed by atoms with Gasteiger partial charge in [0.2, 0.25) is 0 Å². The van der Waals surface area contributed by atoms with Crippen molar-refractivity contribution >= 4 is 17.5 Å². The SMILES string of the molecule is CC1(C)c2ccccc2C2(CC2)C1OC(=S)Oc1ccccc1. The largest absolute Gasteiger partial charge is 0.451 e. The standard InChI is InChI=1S/C20H20O2S/c1-19(2)15-10-6-7-11-16(15)20(12-13-20)17(19)22-18(23)21-14-8-4-3-5-9-14/h3-11,17H,12-13H2,1-2H3. The van der Waals surface area contributed by atoms with Gasteiger partial charge < -0.3 is 9.47 Å². The van der Waals surface area contributed by atoms with Gasteiger partial charge in [-0.3, -0.25) is 0 Å². The van der Waals surface area contributed by atoms with Gasteiger partial charge >= 0.3 is 5.24 Å². The van der Waals surface area contributed by atoms with Gasteiger partial charge in [-0.1, -0.05) is 56.3 Å². The van der Waals surface area contributed by atoms with E-state index in [1.165, 1.54) is 11.1 Å². The lowest BCUT2D eigenvalue weighted by Gasteiger charge is -2.31. The van der Waals surface area contributed by atoms with Crippen LogP contribution in [0.1, 0.15) is 37.8 Å². The molecule has 2 nitrogen and oxygen atoms in total. The molecule has 1 unspecified atom stereocenters. The number of benzene rings is 2. The topological polar surface area (TPSA) is 18.5 Å². The predicted molar refractivity (Wildman–Crippen MR) is 94.9 cm³/mol. The van der Waals surface area contributed by atoms with Crippen LogP contribution in [-0.4, -0.2) is 11.3 Å². The Labute approximate surface area is 142 Å². The lowest BCUT2D eigenvalue weighted by Crippen LogP contribution is -2.40. The normalized spacial score (nSPS) is 22.4. The van der Waals surface area contributed by atoms with Gasteiger partial charge in [0.15, 0.2) is 0 Å². The molecule has 0 N–H and O–H groups in total. The van der Waals surface area contributed by atoms with E-state index in [4.69, 9.17) is 21.7 Å². The molecule has 0 radical (unpaired) electrons. The number of para-hydroxylation sites is 1. The van der Waals surface area contributed by atoms with Gasteiger partial charge in [-0.15, -0.1) is 0 Å². The fourth-order valence-electron chi connectivity index (χ4n) is 4.08. The number of thiocarbonyl (C=S) groups is 1. The first kappa shape index (κ1) is 14.7. The minimum absolute atomic E-state index is 0.0311. The second-order valence-corrected chi connectivity index (χ2v) is 7.42. The van der Waals surface area contributed by atoms with Crippen LogP contribution in [-0.2, 0) is 15.6 Å². The molecule has 1 spiro atoms. The Hall–Kier alpha value is -1.87. The summed E-state index contributed by atoms with van der Waals surface area (Å²) in [7, 11) is 0. The first-order chi connectivity index (χ1) is 11.0. The van der Waals surface area contributed by atoms with Crippen LogP contribution in [0.5, 0.6) is 5.75 Å². The average Bonchev–Trinajstić information content (AvgIpc) is 3.32. The highest BCUT2D eigenvalue weighted by Crippen LogP contribution is 2.63. The van der Waals surface area contributed by atoms with Crippen LogP contribution >= 0.6 is 12.2 Å². The molecule has 23 heavy (non-hydrogen) atoms. The zero-order chi connectivity index (χ0) is 16.1. The zero-order valence-electron chi connectivity index (χ0n) is 13.4. The van der Waals surface area contributed by atoms with Crippen molar-refractivity contribution in [3.63, 3.8) is 0 Å². The Balaban J connectivity index is 1.59. The lowest BCUT2D eigenvalue weighted by molar-refractivity contribution is 0.0748. The number of fused-ring (bicyclic) bond motifs is 2. The highest BCUT2D eigenvalue weighted by molar-refractivity contribution is 7.79. The third-order valence-electron chi connectivity index (χ3n) is 5.26. The maximum atomic E-state index is 6.20. The van der Waals surface area contributed by atoms with Crippen LogP contribution in [0.15, 0.2) is 54.6 Å². The molecule has 0 amide bonds. The minimum atomic E-state index is -0.0722. The summed E-state index contributed by atoms with van der Waals surface area (Å²) < 4.78 is 11.9. The summed E-state index contributed by atoms with van der Waals surface area (Å²) in [4.78, 5) is 0. The van der Waals surface area contributed by atoms with E-state index >= 15 is 0 Å². The van der Waals surface area contributed by atoms with Crippen LogP contribution in [0.25, 0.3) is 0 Å². The van der Waals surface area contributed by atoms with E-state index in [1.807, 2.05) is 30.3 Å². The van der Waals surface area contributed by atoms with Crippen LogP contribution in [0.4, 0.5) is 0 Å². The van der Waals surface area contributed by atoms with Crippen molar-refractivity contribution in [1.29, 1.82) is 0 Å². The Bertz CT molecular complexity index is 722. The van der Waals surface area contributed by atoms with E-state index in [-0.39, 0.29) is 22.2 Å². The molecular weight excluding hydrogens is 304 g/mol. The van der Waals surface area contributed by atoms with Crippen molar-refractivity contribution in [1.82, 2.24) is 0 Å². The summed E-state index contributed by atoms with van der Waals surface area (Å²) in [5.74, 6) is 0.718. The molecule has 0 bridgehead atoms. The number of rotatable bonds is 2. The van der Waals surface area contributed by atoms with Crippen molar-refractivity contribution in [2.75, 3.05) is 0 Å². The summed E-state index contributed by atoms with van der Waals surface area (Å²) in [6, 6.07) is 18.3. The number of hydrogen-bond acceptors (Lipinski definition) is 3. The Morgan fingerprint density at radius 3 is 2.22 bits per heavy atom. The van der Waals surface area contributed by atoms with Crippen molar-refractivity contribution in [3.05, 3.63) is 65.7 Å². The highest BCUT2D eigenvalue weighted by atomic mass is 32.1. The minimum Gasteiger partial charge on any atom is -0.451 e. The molecule has 2 aromatic rings. The molecule has 2 aliphatic rings. The molecule has 118 valence electrons. The fraction of sp³-hybridized carbons (Fsp3) is 0.350. The molecule has 3 heteroatoms. The fourth-order valence-corrected chi connectivity index (χ4v) is 4.28. The van der Waals surface area contributed by atoms with Crippen molar-refractivity contribution in [2.45, 2.75) is 43.6 Å². The molecular formula is C20H20O2S. The van der Waals surface area contributed by atoms with Crippen LogP contribution in [0, 0.1) is 0 Å². The van der Waals surface area contributed by atoms with Gasteiger partial charge in [-0.2, -0.15) is 0 Å². The van der Waals surface area contributed by atoms with Gasteiger partial charge in [0.1, 0.15) is 11.9 Å². The molecule has 0 heterocycles. The van der Waals surface area contributed by atoms with Crippen molar-refractivity contribution < 1.29 is 9.47 Å². The zero-order valence-corrected chi connectivity index (χ0v) is 14.2. The summed E-state index contributed by atoms with van der Waals surface area (Å²) in [6.45, 7) is 4.49. The predicted octanol–water partition coefficient (Wildman–Crippen LogP) is 4.76. The van der Waals surface area contributed by atoms with E-state index in [2.05, 4.69) is 38.1 Å². The molecule has 2 aliphatic carbocycles. The summed E-state index contributed by atoms with van der Waals surface area (Å²) in [6.07, 6.45) is 2.35. The van der Waals surface area contributed by atoms with Gasteiger partial charge in [-0.25, -0.2) is 0 Å². The third-order valence-corrected chi connectivity index (χ3v) is 5.44. The van der Waals surface area contributed by atoms with Gasteiger partial charge in [-0.05, 0) is 36.1 Å². The molecule has 0 saturated heterocycles.